The summed E-state index contributed by atoms with van der Waals surface area (Å²) < 4.78 is 0. The molecule has 0 saturated heterocycles. The highest BCUT2D eigenvalue weighted by atomic mass is 35.5. The molecule has 0 heterocycles. The lowest BCUT2D eigenvalue weighted by atomic mass is 10.1. The van der Waals surface area contributed by atoms with Gasteiger partial charge in [-0.2, -0.15) is 0 Å². The number of carbonyl (C=O) groups excluding carboxylic acids is 2. The van der Waals surface area contributed by atoms with E-state index in [2.05, 4.69) is 10.6 Å². The number of nitrogens with one attached hydrogen (secondary N) is 2. The number of aryl methyl sites for hydroxylation is 2. The van der Waals surface area contributed by atoms with E-state index < -0.39 is 0 Å². The van der Waals surface area contributed by atoms with Crippen LogP contribution in [0.3, 0.4) is 0 Å². The Balaban J connectivity index is 2.02. The molecule has 2 N–H and O–H groups in total. The maximum atomic E-state index is 12.3. The third-order valence-electron chi connectivity index (χ3n) is 3.96. The maximum Gasteiger partial charge on any atom is 0.226 e. The summed E-state index contributed by atoms with van der Waals surface area (Å²) in [6.45, 7) is 5.55. The van der Waals surface area contributed by atoms with E-state index in [1.54, 1.807) is 12.1 Å². The molecule has 2 rings (SSSR count). The first-order valence-corrected chi connectivity index (χ1v) is 9.17. The minimum Gasteiger partial charge on any atom is -0.326 e. The number of amides is 2. The van der Waals surface area contributed by atoms with Crippen LogP contribution in [-0.2, 0) is 16.0 Å². The van der Waals surface area contributed by atoms with Gasteiger partial charge in [-0.1, -0.05) is 55.2 Å². The molecule has 2 amide bonds. The van der Waals surface area contributed by atoms with Crippen LogP contribution in [0.25, 0.3) is 0 Å². The molecule has 0 unspecified atom stereocenters. The van der Waals surface area contributed by atoms with Crippen LogP contribution in [0.2, 0.25) is 10.0 Å². The lowest BCUT2D eigenvalue weighted by Gasteiger charge is -2.13. The number of rotatable bonds is 6. The molecule has 4 nitrogen and oxygen atoms in total. The van der Waals surface area contributed by atoms with Crippen molar-refractivity contribution in [2.24, 2.45) is 5.92 Å². The summed E-state index contributed by atoms with van der Waals surface area (Å²) in [5, 5.41) is 6.69. The van der Waals surface area contributed by atoms with Crippen molar-refractivity contribution in [3.63, 3.8) is 0 Å². The normalized spacial score (nSPS) is 10.7. The molecule has 0 aliphatic rings. The largest absolute Gasteiger partial charge is 0.326 e. The van der Waals surface area contributed by atoms with Gasteiger partial charge in [-0.3, -0.25) is 9.59 Å². The molecule has 2 aromatic carbocycles. The summed E-state index contributed by atoms with van der Waals surface area (Å²) in [5.41, 5.74) is 3.09. The van der Waals surface area contributed by atoms with E-state index in [-0.39, 0.29) is 24.2 Å². The molecule has 2 aromatic rings. The average Bonchev–Trinajstić information content (AvgIpc) is 2.59. The molecule has 6 heteroatoms. The Labute approximate surface area is 163 Å². The molecule has 0 radical (unpaired) electrons. The Morgan fingerprint density at radius 3 is 2.50 bits per heavy atom. The molecule has 0 saturated carbocycles. The first-order valence-electron chi connectivity index (χ1n) is 8.42. The third-order valence-corrected chi connectivity index (χ3v) is 4.81. The molecular weight excluding hydrogens is 371 g/mol. The molecule has 0 bridgehead atoms. The van der Waals surface area contributed by atoms with Gasteiger partial charge in [0, 0.05) is 23.7 Å². The van der Waals surface area contributed by atoms with Gasteiger partial charge in [0.25, 0.3) is 0 Å². The van der Waals surface area contributed by atoms with Crippen LogP contribution < -0.4 is 10.6 Å². The summed E-state index contributed by atoms with van der Waals surface area (Å²) in [4.78, 5) is 24.1. The number of carbonyl (C=O) groups is 2. The second kappa shape index (κ2) is 9.06. The first kappa shape index (κ1) is 20.3. The second-order valence-corrected chi connectivity index (χ2v) is 7.22. The van der Waals surface area contributed by atoms with Crippen LogP contribution in [-0.4, -0.2) is 11.8 Å². The van der Waals surface area contributed by atoms with E-state index in [0.717, 1.165) is 11.1 Å². The summed E-state index contributed by atoms with van der Waals surface area (Å²) in [6, 6.07) is 10.8. The van der Waals surface area contributed by atoms with Crippen LogP contribution >= 0.6 is 23.2 Å². The maximum absolute atomic E-state index is 12.3. The van der Waals surface area contributed by atoms with Gasteiger partial charge in [0.05, 0.1) is 10.0 Å². The Hall–Kier alpha value is -2.04. The quantitative estimate of drug-likeness (QED) is 0.684. The number of benzene rings is 2. The van der Waals surface area contributed by atoms with Crippen molar-refractivity contribution in [1.82, 2.24) is 0 Å². The van der Waals surface area contributed by atoms with E-state index in [9.17, 15) is 9.59 Å². The zero-order valence-corrected chi connectivity index (χ0v) is 16.5. The zero-order chi connectivity index (χ0) is 19.3. The van der Waals surface area contributed by atoms with Gasteiger partial charge in [-0.05, 0) is 42.7 Å². The summed E-state index contributed by atoms with van der Waals surface area (Å²) in [6.07, 6.45) is 0.774. The SMILES string of the molecule is Cc1ccc(NC(=O)C(C)C)cc1NC(=O)CCc1cccc(Cl)c1Cl. The van der Waals surface area contributed by atoms with Gasteiger partial charge >= 0.3 is 0 Å². The minimum atomic E-state index is -0.128. The molecule has 0 aromatic heterocycles. The van der Waals surface area contributed by atoms with Crippen molar-refractivity contribution in [3.05, 3.63) is 57.6 Å². The van der Waals surface area contributed by atoms with Gasteiger partial charge in [-0.25, -0.2) is 0 Å². The Morgan fingerprint density at radius 2 is 1.81 bits per heavy atom. The van der Waals surface area contributed by atoms with Crippen LogP contribution in [0.4, 0.5) is 11.4 Å². The van der Waals surface area contributed by atoms with E-state index in [4.69, 9.17) is 23.2 Å². The van der Waals surface area contributed by atoms with E-state index in [1.165, 1.54) is 0 Å². The van der Waals surface area contributed by atoms with Gasteiger partial charge < -0.3 is 10.6 Å². The topological polar surface area (TPSA) is 58.2 Å². The van der Waals surface area contributed by atoms with Gasteiger partial charge in [0.2, 0.25) is 11.8 Å². The number of hydrogen-bond donors (Lipinski definition) is 2. The van der Waals surface area contributed by atoms with Crippen molar-refractivity contribution < 1.29 is 9.59 Å². The Bertz CT molecular complexity index is 819. The monoisotopic (exact) mass is 392 g/mol. The summed E-state index contributed by atoms with van der Waals surface area (Å²) >= 11 is 12.1. The molecule has 138 valence electrons. The summed E-state index contributed by atoms with van der Waals surface area (Å²) in [5.74, 6) is -0.310. The smallest absolute Gasteiger partial charge is 0.226 e. The highest BCUT2D eigenvalue weighted by Gasteiger charge is 2.11. The molecule has 0 fully saturated rings. The zero-order valence-electron chi connectivity index (χ0n) is 15.0. The Kier molecular flexibility index (Phi) is 7.06. The average molecular weight is 393 g/mol. The van der Waals surface area contributed by atoms with Crippen molar-refractivity contribution in [2.45, 2.75) is 33.6 Å². The van der Waals surface area contributed by atoms with Gasteiger partial charge in [-0.15, -0.1) is 0 Å². The second-order valence-electron chi connectivity index (χ2n) is 6.43. The van der Waals surface area contributed by atoms with Crippen LogP contribution in [0, 0.1) is 12.8 Å². The van der Waals surface area contributed by atoms with Gasteiger partial charge in [0.15, 0.2) is 0 Å². The fourth-order valence-electron chi connectivity index (χ4n) is 2.32. The van der Waals surface area contributed by atoms with Crippen LogP contribution in [0.1, 0.15) is 31.4 Å². The molecule has 0 spiro atoms. The summed E-state index contributed by atoms with van der Waals surface area (Å²) in [7, 11) is 0. The predicted molar refractivity (Wildman–Crippen MR) is 108 cm³/mol. The lowest BCUT2D eigenvalue weighted by molar-refractivity contribution is -0.119. The Morgan fingerprint density at radius 1 is 1.08 bits per heavy atom. The highest BCUT2D eigenvalue weighted by molar-refractivity contribution is 6.42. The van der Waals surface area contributed by atoms with Crippen molar-refractivity contribution in [3.8, 4) is 0 Å². The van der Waals surface area contributed by atoms with Gasteiger partial charge in [0.1, 0.15) is 0 Å². The fourth-order valence-corrected chi connectivity index (χ4v) is 2.74. The molecular formula is C20H22Cl2N2O2. The highest BCUT2D eigenvalue weighted by Crippen LogP contribution is 2.27. The van der Waals surface area contributed by atoms with Crippen LogP contribution in [0.5, 0.6) is 0 Å². The third kappa shape index (κ3) is 5.48. The molecule has 0 aliphatic carbocycles. The first-order chi connectivity index (χ1) is 12.3. The van der Waals surface area contributed by atoms with Crippen molar-refractivity contribution in [1.29, 1.82) is 0 Å². The predicted octanol–water partition coefficient (Wildman–Crippen LogP) is 5.47. The van der Waals surface area contributed by atoms with Crippen molar-refractivity contribution >= 4 is 46.4 Å². The number of hydrogen-bond acceptors (Lipinski definition) is 2. The molecule has 0 atom stereocenters. The van der Waals surface area contributed by atoms with E-state index in [1.807, 2.05) is 45.0 Å². The molecule has 26 heavy (non-hydrogen) atoms. The minimum absolute atomic E-state index is 0.0678. The number of halogens is 2. The molecule has 0 aliphatic heterocycles. The fraction of sp³-hybridized carbons (Fsp3) is 0.300. The van der Waals surface area contributed by atoms with Crippen LogP contribution in [0.15, 0.2) is 36.4 Å². The van der Waals surface area contributed by atoms with E-state index in [0.29, 0.717) is 27.8 Å². The number of anilines is 2. The lowest BCUT2D eigenvalue weighted by Crippen LogP contribution is -2.18. The van der Waals surface area contributed by atoms with Crippen molar-refractivity contribution in [2.75, 3.05) is 10.6 Å². The van der Waals surface area contributed by atoms with E-state index >= 15 is 0 Å². The standard InChI is InChI=1S/C20H22Cl2N2O2/c1-12(2)20(26)23-15-9-7-13(3)17(11-15)24-18(25)10-8-14-5-4-6-16(21)19(14)22/h4-7,9,11-12H,8,10H2,1-3H3,(H,23,26)(H,24,25).